The average molecular weight is 323 g/mol. The molecule has 5 nitrogen and oxygen atoms in total. The molecule has 0 amide bonds. The summed E-state index contributed by atoms with van der Waals surface area (Å²) in [5, 5.41) is 13.6. The van der Waals surface area contributed by atoms with E-state index in [4.69, 9.17) is 0 Å². The summed E-state index contributed by atoms with van der Waals surface area (Å²) in [6, 6.07) is 4.87. The van der Waals surface area contributed by atoms with Gasteiger partial charge in [0.05, 0.1) is 11.8 Å². The summed E-state index contributed by atoms with van der Waals surface area (Å²) in [5.41, 5.74) is 1.72. The van der Waals surface area contributed by atoms with Gasteiger partial charge in [-0.25, -0.2) is 4.79 Å². The van der Waals surface area contributed by atoms with Gasteiger partial charge < -0.3 is 9.67 Å². The number of hydrogen-bond donors (Lipinski definition) is 1. The SMILES string of the molecule is Cn1ccc2c(C(=O)O)cc(-c3cnn(CC(F)(F)F)c3)cc21. The zero-order chi connectivity index (χ0) is 16.8. The van der Waals surface area contributed by atoms with Crippen LogP contribution in [0.15, 0.2) is 36.8 Å². The number of carbonyl (C=O) groups is 1. The van der Waals surface area contributed by atoms with Crippen molar-refractivity contribution in [3.05, 3.63) is 42.4 Å². The Morgan fingerprint density at radius 1 is 1.30 bits per heavy atom. The Balaban J connectivity index is 2.09. The molecule has 23 heavy (non-hydrogen) atoms. The summed E-state index contributed by atoms with van der Waals surface area (Å²) >= 11 is 0. The number of carboxylic acids is 1. The van der Waals surface area contributed by atoms with Crippen LogP contribution in [0.4, 0.5) is 13.2 Å². The lowest BCUT2D eigenvalue weighted by Crippen LogP contribution is -2.17. The van der Waals surface area contributed by atoms with Gasteiger partial charge >= 0.3 is 12.1 Å². The van der Waals surface area contributed by atoms with E-state index in [0.29, 0.717) is 22.0 Å². The van der Waals surface area contributed by atoms with Crippen LogP contribution in [0.1, 0.15) is 10.4 Å². The number of fused-ring (bicyclic) bond motifs is 1. The quantitative estimate of drug-likeness (QED) is 0.804. The minimum Gasteiger partial charge on any atom is -0.478 e. The number of hydrogen-bond acceptors (Lipinski definition) is 2. The molecular weight excluding hydrogens is 311 g/mol. The van der Waals surface area contributed by atoms with Gasteiger partial charge in [-0.2, -0.15) is 18.3 Å². The molecule has 0 spiro atoms. The molecule has 1 aromatic carbocycles. The fourth-order valence-electron chi connectivity index (χ4n) is 2.50. The van der Waals surface area contributed by atoms with Crippen molar-refractivity contribution >= 4 is 16.9 Å². The fourth-order valence-corrected chi connectivity index (χ4v) is 2.50. The molecule has 120 valence electrons. The van der Waals surface area contributed by atoms with Crippen molar-refractivity contribution in [2.24, 2.45) is 7.05 Å². The minimum absolute atomic E-state index is 0.0988. The third kappa shape index (κ3) is 2.92. The van der Waals surface area contributed by atoms with Gasteiger partial charge in [-0.1, -0.05) is 0 Å². The molecule has 0 radical (unpaired) electrons. The summed E-state index contributed by atoms with van der Waals surface area (Å²) in [7, 11) is 1.77. The van der Waals surface area contributed by atoms with Crippen molar-refractivity contribution in [1.29, 1.82) is 0 Å². The maximum absolute atomic E-state index is 12.4. The highest BCUT2D eigenvalue weighted by Gasteiger charge is 2.28. The van der Waals surface area contributed by atoms with Crippen LogP contribution < -0.4 is 0 Å². The first-order valence-electron chi connectivity index (χ1n) is 6.66. The first kappa shape index (κ1) is 15.1. The van der Waals surface area contributed by atoms with E-state index < -0.39 is 18.7 Å². The molecule has 0 fully saturated rings. The van der Waals surface area contributed by atoms with Crippen molar-refractivity contribution in [2.45, 2.75) is 12.7 Å². The van der Waals surface area contributed by atoms with E-state index in [-0.39, 0.29) is 5.56 Å². The molecule has 0 unspecified atom stereocenters. The Morgan fingerprint density at radius 3 is 2.70 bits per heavy atom. The topological polar surface area (TPSA) is 60.1 Å². The molecule has 2 heterocycles. The van der Waals surface area contributed by atoms with Crippen LogP contribution in [0.3, 0.4) is 0 Å². The highest BCUT2D eigenvalue weighted by molar-refractivity contribution is 6.05. The number of aryl methyl sites for hydroxylation is 1. The summed E-state index contributed by atoms with van der Waals surface area (Å²) in [5.74, 6) is -1.09. The molecule has 0 bridgehead atoms. The van der Waals surface area contributed by atoms with Crippen molar-refractivity contribution in [2.75, 3.05) is 0 Å². The zero-order valence-electron chi connectivity index (χ0n) is 12.0. The van der Waals surface area contributed by atoms with Crippen LogP contribution in [0, 0.1) is 0 Å². The van der Waals surface area contributed by atoms with Crippen LogP contribution in [0.25, 0.3) is 22.0 Å². The summed E-state index contributed by atoms with van der Waals surface area (Å²) in [6.45, 7) is -1.19. The van der Waals surface area contributed by atoms with E-state index in [1.165, 1.54) is 18.5 Å². The van der Waals surface area contributed by atoms with E-state index in [9.17, 15) is 23.1 Å². The number of alkyl halides is 3. The number of aromatic carboxylic acids is 1. The molecule has 3 aromatic rings. The Morgan fingerprint density at radius 2 is 2.04 bits per heavy atom. The number of benzene rings is 1. The van der Waals surface area contributed by atoms with Crippen molar-refractivity contribution in [3.63, 3.8) is 0 Å². The molecule has 0 saturated carbocycles. The molecule has 0 atom stereocenters. The maximum atomic E-state index is 12.4. The van der Waals surface area contributed by atoms with Crippen LogP contribution >= 0.6 is 0 Å². The van der Waals surface area contributed by atoms with Gasteiger partial charge in [-0.05, 0) is 23.8 Å². The molecule has 3 rings (SSSR count). The molecule has 0 aliphatic heterocycles. The minimum atomic E-state index is -4.36. The molecule has 0 aliphatic rings. The van der Waals surface area contributed by atoms with Gasteiger partial charge in [0, 0.05) is 35.9 Å². The zero-order valence-corrected chi connectivity index (χ0v) is 12.0. The Hall–Kier alpha value is -2.77. The highest BCUT2D eigenvalue weighted by Crippen LogP contribution is 2.29. The Bertz CT molecular complexity index is 893. The first-order chi connectivity index (χ1) is 10.7. The van der Waals surface area contributed by atoms with E-state index in [1.807, 2.05) is 0 Å². The maximum Gasteiger partial charge on any atom is 0.408 e. The summed E-state index contributed by atoms with van der Waals surface area (Å²) in [4.78, 5) is 11.4. The second-order valence-electron chi connectivity index (χ2n) is 5.23. The standard InChI is InChI=1S/C15H12F3N3O2/c1-20-3-2-11-12(14(22)23)4-9(5-13(11)20)10-6-19-21(7-10)8-15(16,17)18/h2-7H,8H2,1H3,(H,22,23). The third-order valence-electron chi connectivity index (χ3n) is 3.54. The first-order valence-corrected chi connectivity index (χ1v) is 6.66. The van der Waals surface area contributed by atoms with Gasteiger partial charge in [0.15, 0.2) is 0 Å². The number of rotatable bonds is 3. The number of carboxylic acid groups (broad SMARTS) is 1. The van der Waals surface area contributed by atoms with Gasteiger partial charge in [-0.3, -0.25) is 4.68 Å². The smallest absolute Gasteiger partial charge is 0.408 e. The van der Waals surface area contributed by atoms with E-state index in [0.717, 1.165) is 4.68 Å². The highest BCUT2D eigenvalue weighted by atomic mass is 19.4. The summed E-state index contributed by atoms with van der Waals surface area (Å²) in [6.07, 6.45) is -0.0871. The van der Waals surface area contributed by atoms with Crippen molar-refractivity contribution in [3.8, 4) is 11.1 Å². The van der Waals surface area contributed by atoms with Gasteiger partial charge in [-0.15, -0.1) is 0 Å². The average Bonchev–Trinajstić information content (AvgIpc) is 3.03. The normalized spacial score (nSPS) is 12.0. The molecule has 0 aliphatic carbocycles. The predicted octanol–water partition coefficient (Wildman–Crippen LogP) is 3.30. The molecule has 0 saturated heterocycles. The van der Waals surface area contributed by atoms with Gasteiger partial charge in [0.2, 0.25) is 0 Å². The molecular formula is C15H12F3N3O2. The molecule has 8 heteroatoms. The number of nitrogens with zero attached hydrogens (tertiary/aromatic N) is 3. The lowest BCUT2D eigenvalue weighted by molar-refractivity contribution is -0.142. The van der Waals surface area contributed by atoms with Crippen LogP contribution in [-0.4, -0.2) is 31.6 Å². The Labute approximate surface area is 128 Å². The lowest BCUT2D eigenvalue weighted by atomic mass is 10.0. The second-order valence-corrected chi connectivity index (χ2v) is 5.23. The van der Waals surface area contributed by atoms with Crippen molar-refractivity contribution in [1.82, 2.24) is 14.3 Å². The van der Waals surface area contributed by atoms with E-state index in [1.54, 1.807) is 29.9 Å². The predicted molar refractivity (Wildman–Crippen MR) is 77.2 cm³/mol. The van der Waals surface area contributed by atoms with Gasteiger partial charge in [0.25, 0.3) is 0 Å². The second kappa shape index (κ2) is 5.15. The van der Waals surface area contributed by atoms with Crippen LogP contribution in [-0.2, 0) is 13.6 Å². The number of halogens is 3. The van der Waals surface area contributed by atoms with Crippen molar-refractivity contribution < 1.29 is 23.1 Å². The van der Waals surface area contributed by atoms with Gasteiger partial charge in [0.1, 0.15) is 6.54 Å². The molecule has 1 N–H and O–H groups in total. The van der Waals surface area contributed by atoms with Crippen LogP contribution in [0.2, 0.25) is 0 Å². The molecule has 2 aromatic heterocycles. The van der Waals surface area contributed by atoms with E-state index >= 15 is 0 Å². The van der Waals surface area contributed by atoms with E-state index in [2.05, 4.69) is 5.10 Å². The Kier molecular flexibility index (Phi) is 3.39. The lowest BCUT2D eigenvalue weighted by Gasteiger charge is -2.06. The number of aromatic nitrogens is 3. The summed E-state index contributed by atoms with van der Waals surface area (Å²) < 4.78 is 39.7. The van der Waals surface area contributed by atoms with Crippen LogP contribution in [0.5, 0.6) is 0 Å². The largest absolute Gasteiger partial charge is 0.478 e. The fraction of sp³-hybridized carbons (Fsp3) is 0.200. The monoisotopic (exact) mass is 323 g/mol. The third-order valence-corrected chi connectivity index (χ3v) is 3.54.